The summed E-state index contributed by atoms with van der Waals surface area (Å²) in [6.07, 6.45) is 0. The summed E-state index contributed by atoms with van der Waals surface area (Å²) in [6, 6.07) is 5.75. The van der Waals surface area contributed by atoms with Gasteiger partial charge in [0.15, 0.2) is 0 Å². The average Bonchev–Trinajstić information content (AvgIpc) is 2.57. The van der Waals surface area contributed by atoms with E-state index < -0.39 is 0 Å². The van der Waals surface area contributed by atoms with Gasteiger partial charge < -0.3 is 0 Å². The number of hydrogen-bond donors (Lipinski definition) is 0. The third kappa shape index (κ3) is 2.13. The summed E-state index contributed by atoms with van der Waals surface area (Å²) in [7, 11) is 0. The SMILES string of the molecule is Cc1nc(C)n(-c2ccc(Cl)cc2CBr)n1. The predicted molar refractivity (Wildman–Crippen MR) is 68.5 cm³/mol. The van der Waals surface area contributed by atoms with Gasteiger partial charge in [0, 0.05) is 10.4 Å². The summed E-state index contributed by atoms with van der Waals surface area (Å²) in [5.74, 6) is 1.65. The van der Waals surface area contributed by atoms with Crippen LogP contribution in [0.25, 0.3) is 5.69 Å². The van der Waals surface area contributed by atoms with Crippen LogP contribution in [-0.2, 0) is 5.33 Å². The highest BCUT2D eigenvalue weighted by Crippen LogP contribution is 2.22. The van der Waals surface area contributed by atoms with Crippen molar-refractivity contribution in [1.29, 1.82) is 0 Å². The van der Waals surface area contributed by atoms with Crippen molar-refractivity contribution in [1.82, 2.24) is 14.8 Å². The highest BCUT2D eigenvalue weighted by molar-refractivity contribution is 9.08. The molecule has 1 heterocycles. The van der Waals surface area contributed by atoms with E-state index in [4.69, 9.17) is 11.6 Å². The van der Waals surface area contributed by atoms with Crippen LogP contribution in [0.5, 0.6) is 0 Å². The molecule has 0 N–H and O–H groups in total. The Labute approximate surface area is 108 Å². The van der Waals surface area contributed by atoms with Gasteiger partial charge in [-0.3, -0.25) is 0 Å². The summed E-state index contributed by atoms with van der Waals surface area (Å²) in [5.41, 5.74) is 2.11. The van der Waals surface area contributed by atoms with Gasteiger partial charge in [0.05, 0.1) is 5.69 Å². The first kappa shape index (κ1) is 11.6. The molecule has 84 valence electrons. The van der Waals surface area contributed by atoms with Gasteiger partial charge in [-0.25, -0.2) is 9.67 Å². The van der Waals surface area contributed by atoms with Crippen molar-refractivity contribution in [3.05, 3.63) is 40.4 Å². The Morgan fingerprint density at radius 1 is 1.38 bits per heavy atom. The molecular weight excluding hydrogens is 289 g/mol. The van der Waals surface area contributed by atoms with Gasteiger partial charge in [-0.2, -0.15) is 5.10 Å². The van der Waals surface area contributed by atoms with Crippen LogP contribution in [0.15, 0.2) is 18.2 Å². The Morgan fingerprint density at radius 3 is 2.69 bits per heavy atom. The molecule has 2 aromatic rings. The normalized spacial score (nSPS) is 10.8. The summed E-state index contributed by atoms with van der Waals surface area (Å²) in [5, 5.41) is 5.83. The van der Waals surface area contributed by atoms with Gasteiger partial charge in [0.1, 0.15) is 11.6 Å². The molecule has 0 amide bonds. The zero-order valence-corrected chi connectivity index (χ0v) is 11.4. The molecule has 0 unspecified atom stereocenters. The lowest BCUT2D eigenvalue weighted by atomic mass is 10.2. The third-order valence-electron chi connectivity index (χ3n) is 2.29. The summed E-state index contributed by atoms with van der Waals surface area (Å²) in [6.45, 7) is 3.82. The zero-order chi connectivity index (χ0) is 11.7. The van der Waals surface area contributed by atoms with Crippen LogP contribution in [0.1, 0.15) is 17.2 Å². The highest BCUT2D eigenvalue weighted by Gasteiger charge is 2.09. The molecule has 0 radical (unpaired) electrons. The molecule has 5 heteroatoms. The Bertz CT molecular complexity index is 522. The smallest absolute Gasteiger partial charge is 0.148 e. The Hall–Kier alpha value is -0.870. The molecule has 0 fully saturated rings. The van der Waals surface area contributed by atoms with Crippen molar-refractivity contribution in [2.75, 3.05) is 0 Å². The third-order valence-corrected chi connectivity index (χ3v) is 3.13. The minimum atomic E-state index is 0.729. The van der Waals surface area contributed by atoms with Crippen molar-refractivity contribution in [3.63, 3.8) is 0 Å². The van der Waals surface area contributed by atoms with E-state index in [1.165, 1.54) is 0 Å². The second kappa shape index (κ2) is 4.55. The van der Waals surface area contributed by atoms with Crippen molar-refractivity contribution in [2.24, 2.45) is 0 Å². The van der Waals surface area contributed by atoms with Crippen molar-refractivity contribution in [3.8, 4) is 5.69 Å². The number of aryl methyl sites for hydroxylation is 2. The molecule has 2 rings (SSSR count). The van der Waals surface area contributed by atoms with E-state index in [9.17, 15) is 0 Å². The lowest BCUT2D eigenvalue weighted by Gasteiger charge is -2.08. The molecule has 0 bridgehead atoms. The lowest BCUT2D eigenvalue weighted by Crippen LogP contribution is -2.02. The lowest BCUT2D eigenvalue weighted by molar-refractivity contribution is 0.824. The maximum atomic E-state index is 5.96. The molecule has 0 aliphatic heterocycles. The molecular formula is C11H11BrClN3. The monoisotopic (exact) mass is 299 g/mol. The topological polar surface area (TPSA) is 30.7 Å². The number of benzene rings is 1. The average molecular weight is 301 g/mol. The van der Waals surface area contributed by atoms with E-state index >= 15 is 0 Å². The highest BCUT2D eigenvalue weighted by atomic mass is 79.9. The molecule has 0 atom stereocenters. The van der Waals surface area contributed by atoms with Gasteiger partial charge in [-0.15, -0.1) is 0 Å². The van der Waals surface area contributed by atoms with Gasteiger partial charge in [0.2, 0.25) is 0 Å². The van der Waals surface area contributed by atoms with Crippen LogP contribution >= 0.6 is 27.5 Å². The number of hydrogen-bond acceptors (Lipinski definition) is 2. The first-order valence-electron chi connectivity index (χ1n) is 4.87. The number of aromatic nitrogens is 3. The molecule has 0 aliphatic carbocycles. The number of halogens is 2. The molecule has 3 nitrogen and oxygen atoms in total. The molecule has 1 aromatic heterocycles. The Balaban J connectivity index is 2.59. The predicted octanol–water partition coefficient (Wildman–Crippen LogP) is 3.43. The molecule has 0 saturated carbocycles. The van der Waals surface area contributed by atoms with Crippen LogP contribution in [0.4, 0.5) is 0 Å². The fraction of sp³-hybridized carbons (Fsp3) is 0.273. The second-order valence-corrected chi connectivity index (χ2v) is 4.52. The first-order chi connectivity index (χ1) is 7.61. The van der Waals surface area contributed by atoms with Crippen LogP contribution in [-0.4, -0.2) is 14.8 Å². The maximum Gasteiger partial charge on any atom is 0.148 e. The second-order valence-electron chi connectivity index (χ2n) is 3.52. The quantitative estimate of drug-likeness (QED) is 0.796. The molecule has 0 saturated heterocycles. The fourth-order valence-electron chi connectivity index (χ4n) is 1.62. The van der Waals surface area contributed by atoms with Crippen molar-refractivity contribution in [2.45, 2.75) is 19.2 Å². The van der Waals surface area contributed by atoms with Crippen LogP contribution in [0.3, 0.4) is 0 Å². The van der Waals surface area contributed by atoms with Gasteiger partial charge >= 0.3 is 0 Å². The van der Waals surface area contributed by atoms with Gasteiger partial charge in [-0.05, 0) is 37.6 Å². The van der Waals surface area contributed by atoms with E-state index in [1.807, 2.05) is 36.7 Å². The number of alkyl halides is 1. The first-order valence-corrected chi connectivity index (χ1v) is 6.37. The van der Waals surface area contributed by atoms with Crippen molar-refractivity contribution >= 4 is 27.5 Å². The zero-order valence-electron chi connectivity index (χ0n) is 9.04. The Morgan fingerprint density at radius 2 is 2.12 bits per heavy atom. The largest absolute Gasteiger partial charge is 0.218 e. The van der Waals surface area contributed by atoms with Gasteiger partial charge in [-0.1, -0.05) is 27.5 Å². The summed E-state index contributed by atoms with van der Waals surface area (Å²) in [4.78, 5) is 4.29. The van der Waals surface area contributed by atoms with Gasteiger partial charge in [0.25, 0.3) is 0 Å². The van der Waals surface area contributed by atoms with Crippen LogP contribution in [0, 0.1) is 13.8 Å². The minimum absolute atomic E-state index is 0.729. The molecule has 16 heavy (non-hydrogen) atoms. The van der Waals surface area contributed by atoms with Crippen molar-refractivity contribution < 1.29 is 0 Å². The summed E-state index contributed by atoms with van der Waals surface area (Å²) < 4.78 is 1.84. The number of rotatable bonds is 2. The summed E-state index contributed by atoms with van der Waals surface area (Å²) >= 11 is 9.41. The molecule has 1 aromatic carbocycles. The standard InChI is InChI=1S/C11H11BrClN3/c1-7-14-8(2)16(15-7)11-4-3-10(13)5-9(11)6-12/h3-5H,6H2,1-2H3. The fourth-order valence-corrected chi connectivity index (χ4v) is 2.26. The van der Waals surface area contributed by atoms with E-state index in [0.717, 1.165) is 33.3 Å². The van der Waals surface area contributed by atoms with E-state index in [2.05, 4.69) is 26.0 Å². The maximum absolute atomic E-state index is 5.96. The van der Waals surface area contributed by atoms with E-state index in [1.54, 1.807) is 0 Å². The Kier molecular flexibility index (Phi) is 3.30. The molecule has 0 spiro atoms. The minimum Gasteiger partial charge on any atom is -0.218 e. The van der Waals surface area contributed by atoms with Crippen LogP contribution < -0.4 is 0 Å². The van der Waals surface area contributed by atoms with E-state index in [0.29, 0.717) is 0 Å². The van der Waals surface area contributed by atoms with Crippen LogP contribution in [0.2, 0.25) is 5.02 Å². The molecule has 0 aliphatic rings. The van der Waals surface area contributed by atoms with E-state index in [-0.39, 0.29) is 0 Å². The number of nitrogens with zero attached hydrogens (tertiary/aromatic N) is 3.